The lowest BCUT2D eigenvalue weighted by atomic mass is 10.0. The lowest BCUT2D eigenvalue weighted by Gasteiger charge is -2.12. The van der Waals surface area contributed by atoms with E-state index in [1.54, 1.807) is 41.1 Å². The number of benzene rings is 2. The van der Waals surface area contributed by atoms with Crippen LogP contribution in [0, 0.1) is 0 Å². The number of nitrogens with zero attached hydrogens (tertiary/aromatic N) is 3. The highest BCUT2D eigenvalue weighted by atomic mass is 35.5. The molecule has 2 aromatic carbocycles. The van der Waals surface area contributed by atoms with Crippen LogP contribution in [-0.4, -0.2) is 26.0 Å². The maximum absolute atomic E-state index is 11.5. The van der Waals surface area contributed by atoms with E-state index in [1.165, 1.54) is 0 Å². The minimum Gasteiger partial charge on any atom is -0.489 e. The van der Waals surface area contributed by atoms with Crippen LogP contribution in [0.4, 0.5) is 0 Å². The molecular weight excluding hydrogens is 561 g/mol. The zero-order valence-corrected chi connectivity index (χ0v) is 23.5. The largest absolute Gasteiger partial charge is 0.489 e. The average Bonchev–Trinajstić information content (AvgIpc) is 3.81. The topological polar surface area (TPSA) is 90.4 Å². The van der Waals surface area contributed by atoms with Crippen LogP contribution in [-0.2, 0) is 6.58 Å². The molecule has 6 rings (SSSR count). The van der Waals surface area contributed by atoms with Gasteiger partial charge in [0.15, 0.2) is 5.69 Å². The molecule has 0 saturated heterocycles. The van der Waals surface area contributed by atoms with Crippen molar-refractivity contribution in [3.8, 4) is 17.0 Å². The average molecular weight is 588 g/mol. The van der Waals surface area contributed by atoms with Gasteiger partial charge >= 0.3 is 5.97 Å². The van der Waals surface area contributed by atoms with Gasteiger partial charge in [-0.3, -0.25) is 4.68 Å². The van der Waals surface area contributed by atoms with Crippen LogP contribution in [0.5, 0.6) is 5.75 Å². The molecule has 0 spiro atoms. The normalized spacial score (nSPS) is 19.7. The second kappa shape index (κ2) is 10.2. The number of hydrogen-bond donors (Lipinski definition) is 1. The highest BCUT2D eigenvalue weighted by Gasteiger charge is 2.43. The maximum Gasteiger partial charge on any atom is 0.356 e. The monoisotopic (exact) mass is 586 g/mol. The number of rotatable bonds is 9. The molecule has 2 aromatic heterocycles. The van der Waals surface area contributed by atoms with Crippen molar-refractivity contribution in [2.45, 2.75) is 63.5 Å². The van der Waals surface area contributed by atoms with Crippen LogP contribution >= 0.6 is 34.8 Å². The van der Waals surface area contributed by atoms with Gasteiger partial charge in [0.2, 0.25) is 0 Å². The number of ether oxygens (including phenoxy) is 1. The molecule has 0 aliphatic heterocycles. The zero-order chi connectivity index (χ0) is 28.3. The number of halogens is 3. The van der Waals surface area contributed by atoms with Gasteiger partial charge in [-0.15, -0.1) is 0 Å². The Labute approximate surface area is 242 Å². The summed E-state index contributed by atoms with van der Waals surface area (Å²) in [4.78, 5) is 11.5. The van der Waals surface area contributed by atoms with E-state index < -0.39 is 12.6 Å². The van der Waals surface area contributed by atoms with Gasteiger partial charge in [-0.2, -0.15) is 5.10 Å². The van der Waals surface area contributed by atoms with Gasteiger partial charge in [0.25, 0.3) is 0 Å². The molecule has 0 bridgehead atoms. The maximum atomic E-state index is 11.5. The standard InChI is InChI=1S/C29H26Cl3N3O4/c1-14(2)35-25(12-24(33-35)29(36)37)19-11-18(19)17-9-8-16(10-23(17)32)38-13-20-27(34-39-28(20)15-6-7-15)26-21(30)4-3-5-22(26)31/h3-5,8-10,12,14-15,18-19H,6-7,11,13H2,1-2H3,(H,36,37)/i13D. The molecule has 2 saturated carbocycles. The number of carbonyl (C=O) groups is 1. The molecule has 2 fully saturated rings. The lowest BCUT2D eigenvalue weighted by molar-refractivity contribution is 0.0689. The summed E-state index contributed by atoms with van der Waals surface area (Å²) >= 11 is 19.6. The van der Waals surface area contributed by atoms with Crippen LogP contribution in [0.3, 0.4) is 0 Å². The van der Waals surface area contributed by atoms with E-state index in [1.807, 2.05) is 19.9 Å². The molecule has 7 nitrogen and oxygen atoms in total. The third-order valence-corrected chi connectivity index (χ3v) is 8.19. The highest BCUT2D eigenvalue weighted by molar-refractivity contribution is 6.39. The Bertz CT molecular complexity index is 1590. The van der Waals surface area contributed by atoms with Crippen molar-refractivity contribution in [2.24, 2.45) is 0 Å². The van der Waals surface area contributed by atoms with Crippen molar-refractivity contribution in [2.75, 3.05) is 0 Å². The van der Waals surface area contributed by atoms with E-state index >= 15 is 0 Å². The van der Waals surface area contributed by atoms with Crippen molar-refractivity contribution >= 4 is 40.8 Å². The van der Waals surface area contributed by atoms with Gasteiger partial charge in [0.1, 0.15) is 23.8 Å². The first-order chi connectivity index (χ1) is 19.1. The van der Waals surface area contributed by atoms with E-state index in [-0.39, 0.29) is 29.5 Å². The predicted molar refractivity (Wildman–Crippen MR) is 149 cm³/mol. The molecule has 2 heterocycles. The quantitative estimate of drug-likeness (QED) is 0.211. The van der Waals surface area contributed by atoms with Gasteiger partial charge in [-0.05, 0) is 74.9 Å². The van der Waals surface area contributed by atoms with Crippen molar-refractivity contribution in [3.63, 3.8) is 0 Å². The molecule has 202 valence electrons. The Hall–Kier alpha value is -3.00. The second-order valence-electron chi connectivity index (χ2n) is 10.3. The summed E-state index contributed by atoms with van der Waals surface area (Å²) in [6.07, 6.45) is 2.75. The summed E-state index contributed by atoms with van der Waals surface area (Å²) in [5.74, 6) is 0.463. The Morgan fingerprint density at radius 2 is 1.90 bits per heavy atom. The molecule has 0 amide bonds. The van der Waals surface area contributed by atoms with Gasteiger partial charge in [-0.1, -0.05) is 52.1 Å². The molecular formula is C29H26Cl3N3O4. The molecule has 3 unspecified atom stereocenters. The Morgan fingerprint density at radius 3 is 2.54 bits per heavy atom. The van der Waals surface area contributed by atoms with Gasteiger partial charge < -0.3 is 14.4 Å². The van der Waals surface area contributed by atoms with Crippen molar-refractivity contribution in [1.82, 2.24) is 14.9 Å². The molecule has 3 atom stereocenters. The molecule has 4 aromatic rings. The van der Waals surface area contributed by atoms with Crippen LogP contribution < -0.4 is 4.74 Å². The van der Waals surface area contributed by atoms with E-state index in [4.69, 9.17) is 45.4 Å². The number of hydrogen-bond acceptors (Lipinski definition) is 5. The lowest BCUT2D eigenvalue weighted by Crippen LogP contribution is -2.08. The fourth-order valence-corrected chi connectivity index (χ4v) is 5.93. The van der Waals surface area contributed by atoms with E-state index in [0.29, 0.717) is 43.4 Å². The minimum atomic E-state index is -1.14. The van der Waals surface area contributed by atoms with Crippen molar-refractivity contribution in [3.05, 3.63) is 85.8 Å². The zero-order valence-electron chi connectivity index (χ0n) is 22.2. The van der Waals surface area contributed by atoms with Crippen LogP contribution in [0.15, 0.2) is 47.0 Å². The molecule has 10 heteroatoms. The summed E-state index contributed by atoms with van der Waals surface area (Å²) < 4.78 is 22.4. The molecule has 1 N–H and O–H groups in total. The Kier molecular flexibility index (Phi) is 6.53. The summed E-state index contributed by atoms with van der Waals surface area (Å²) in [5.41, 5.74) is 3.31. The summed E-state index contributed by atoms with van der Waals surface area (Å²) in [5, 5.41) is 19.3. The number of carboxylic acid groups (broad SMARTS) is 1. The van der Waals surface area contributed by atoms with Crippen LogP contribution in [0.2, 0.25) is 15.1 Å². The molecule has 0 radical (unpaired) electrons. The number of aromatic carboxylic acids is 1. The SMILES string of the molecule is [2H]C(Oc1ccc(C2CC2c2cc(C(=O)O)nn2C(C)C)c(Cl)c1)c1c(-c2c(Cl)cccc2Cl)noc1C1CC1. The first-order valence-electron chi connectivity index (χ1n) is 13.4. The third kappa shape index (κ3) is 5.04. The summed E-state index contributed by atoms with van der Waals surface area (Å²) in [7, 11) is 0. The summed E-state index contributed by atoms with van der Waals surface area (Å²) in [6, 6.07) is 12.3. The van der Waals surface area contributed by atoms with E-state index in [0.717, 1.165) is 30.5 Å². The Balaban J connectivity index is 1.25. The second-order valence-corrected chi connectivity index (χ2v) is 11.6. The molecule has 39 heavy (non-hydrogen) atoms. The van der Waals surface area contributed by atoms with Crippen LogP contribution in [0.1, 0.15) is 91.3 Å². The fourth-order valence-electron chi connectivity index (χ4n) is 5.05. The van der Waals surface area contributed by atoms with Crippen molar-refractivity contribution in [1.29, 1.82) is 0 Å². The first-order valence-corrected chi connectivity index (χ1v) is 13.9. The van der Waals surface area contributed by atoms with Crippen LogP contribution in [0.25, 0.3) is 11.3 Å². The minimum absolute atomic E-state index is 0.0352. The molecule has 2 aliphatic carbocycles. The fraction of sp³-hybridized carbons (Fsp3) is 0.345. The van der Waals surface area contributed by atoms with Gasteiger partial charge in [0.05, 0.1) is 17.0 Å². The smallest absolute Gasteiger partial charge is 0.356 e. The van der Waals surface area contributed by atoms with Gasteiger partial charge in [0, 0.05) is 34.2 Å². The summed E-state index contributed by atoms with van der Waals surface area (Å²) in [6.45, 7) is 2.81. The highest BCUT2D eigenvalue weighted by Crippen LogP contribution is 2.57. The Morgan fingerprint density at radius 1 is 1.15 bits per heavy atom. The molecule has 2 aliphatic rings. The van der Waals surface area contributed by atoms with Gasteiger partial charge in [-0.25, -0.2) is 4.79 Å². The predicted octanol–water partition coefficient (Wildman–Crippen LogP) is 8.50. The van der Waals surface area contributed by atoms with E-state index in [2.05, 4.69) is 10.3 Å². The number of aromatic nitrogens is 3. The first kappa shape index (κ1) is 25.0. The van der Waals surface area contributed by atoms with E-state index in [9.17, 15) is 9.90 Å². The third-order valence-electron chi connectivity index (χ3n) is 7.23. The number of carboxylic acids is 1. The van der Waals surface area contributed by atoms with Crippen molar-refractivity contribution < 1.29 is 20.5 Å².